The number of carbonyl (C=O) groups is 1. The van der Waals surface area contributed by atoms with E-state index in [1.807, 2.05) is 4.90 Å². The highest BCUT2D eigenvalue weighted by atomic mass is 16.3. The van der Waals surface area contributed by atoms with Crippen molar-refractivity contribution < 1.29 is 9.90 Å². The van der Waals surface area contributed by atoms with Crippen LogP contribution in [0.1, 0.15) is 19.8 Å². The molecule has 1 amide bonds. The highest BCUT2D eigenvalue weighted by Crippen LogP contribution is 2.39. The number of nitrogens with zero attached hydrogens (tertiary/aromatic N) is 2. The van der Waals surface area contributed by atoms with Crippen molar-refractivity contribution in [2.45, 2.75) is 19.8 Å². The zero-order valence-electron chi connectivity index (χ0n) is 10.1. The first-order valence-electron chi connectivity index (χ1n) is 6.34. The molecular formula is C12H22N2O2. The second-order valence-corrected chi connectivity index (χ2v) is 5.06. The molecule has 4 heteroatoms. The van der Waals surface area contributed by atoms with Crippen molar-refractivity contribution in [3.05, 3.63) is 0 Å². The van der Waals surface area contributed by atoms with Gasteiger partial charge < -0.3 is 10.0 Å². The third-order valence-electron chi connectivity index (χ3n) is 3.74. The maximum absolute atomic E-state index is 12.0. The summed E-state index contributed by atoms with van der Waals surface area (Å²) in [6.45, 7) is 6.75. The van der Waals surface area contributed by atoms with Crippen LogP contribution in [0.5, 0.6) is 0 Å². The summed E-state index contributed by atoms with van der Waals surface area (Å²) in [7, 11) is 0. The Hall–Kier alpha value is -0.610. The third-order valence-corrected chi connectivity index (χ3v) is 3.74. The number of β-amino-alcohol motifs (C(OH)–C–C–N with tert-alkyl or cyclic N) is 1. The maximum atomic E-state index is 12.0. The standard InChI is InChI=1S/C12H22N2O2/c1-10-9-11(10)12(16)14-4-2-3-13(5-6-14)7-8-15/h10-11,15H,2-9H2,1H3. The normalized spacial score (nSPS) is 31.2. The van der Waals surface area contributed by atoms with Crippen molar-refractivity contribution in [3.63, 3.8) is 0 Å². The minimum absolute atomic E-state index is 0.216. The highest BCUT2D eigenvalue weighted by Gasteiger charge is 2.41. The molecule has 0 radical (unpaired) electrons. The van der Waals surface area contributed by atoms with Crippen LogP contribution in [0, 0.1) is 11.8 Å². The second-order valence-electron chi connectivity index (χ2n) is 5.06. The van der Waals surface area contributed by atoms with E-state index >= 15 is 0 Å². The molecule has 1 aliphatic carbocycles. The number of amides is 1. The molecule has 0 aromatic heterocycles. The van der Waals surface area contributed by atoms with Crippen molar-refractivity contribution in [2.24, 2.45) is 11.8 Å². The fourth-order valence-corrected chi connectivity index (χ4v) is 2.46. The molecule has 92 valence electrons. The summed E-state index contributed by atoms with van der Waals surface area (Å²) < 4.78 is 0. The van der Waals surface area contributed by atoms with Crippen molar-refractivity contribution >= 4 is 5.91 Å². The topological polar surface area (TPSA) is 43.8 Å². The van der Waals surface area contributed by atoms with Gasteiger partial charge in [-0.25, -0.2) is 0 Å². The van der Waals surface area contributed by atoms with E-state index in [0.29, 0.717) is 17.7 Å². The monoisotopic (exact) mass is 226 g/mol. The van der Waals surface area contributed by atoms with Gasteiger partial charge in [0.25, 0.3) is 0 Å². The SMILES string of the molecule is CC1CC1C(=O)N1CCCN(CCO)CC1. The number of hydrogen-bond donors (Lipinski definition) is 1. The van der Waals surface area contributed by atoms with Gasteiger partial charge in [0, 0.05) is 32.1 Å². The van der Waals surface area contributed by atoms with Gasteiger partial charge in [0.15, 0.2) is 0 Å². The smallest absolute Gasteiger partial charge is 0.226 e. The minimum Gasteiger partial charge on any atom is -0.395 e. The Bertz CT molecular complexity index is 257. The van der Waals surface area contributed by atoms with Crippen LogP contribution in [0.2, 0.25) is 0 Å². The lowest BCUT2D eigenvalue weighted by Gasteiger charge is -2.21. The maximum Gasteiger partial charge on any atom is 0.226 e. The zero-order chi connectivity index (χ0) is 11.5. The molecule has 1 aliphatic heterocycles. The van der Waals surface area contributed by atoms with Crippen LogP contribution in [-0.2, 0) is 4.79 Å². The number of hydrogen-bond acceptors (Lipinski definition) is 3. The molecule has 0 aromatic rings. The Kier molecular flexibility index (Phi) is 3.82. The molecule has 0 spiro atoms. The van der Waals surface area contributed by atoms with Gasteiger partial charge in [-0.15, -0.1) is 0 Å². The van der Waals surface area contributed by atoms with Crippen LogP contribution in [0.25, 0.3) is 0 Å². The fourth-order valence-electron chi connectivity index (χ4n) is 2.46. The predicted molar refractivity (Wildman–Crippen MR) is 62.0 cm³/mol. The molecule has 2 fully saturated rings. The minimum atomic E-state index is 0.216. The molecule has 4 nitrogen and oxygen atoms in total. The first-order chi connectivity index (χ1) is 7.72. The molecule has 2 rings (SSSR count). The van der Waals surface area contributed by atoms with E-state index in [4.69, 9.17) is 5.11 Å². The Morgan fingerprint density at radius 1 is 1.31 bits per heavy atom. The first kappa shape index (κ1) is 11.9. The summed E-state index contributed by atoms with van der Waals surface area (Å²) in [4.78, 5) is 16.3. The Balaban J connectivity index is 1.81. The van der Waals surface area contributed by atoms with E-state index in [1.165, 1.54) is 0 Å². The molecule has 0 aromatic carbocycles. The number of aliphatic hydroxyl groups is 1. The quantitative estimate of drug-likeness (QED) is 0.746. The van der Waals surface area contributed by atoms with Crippen LogP contribution >= 0.6 is 0 Å². The summed E-state index contributed by atoms with van der Waals surface area (Å²) in [6, 6.07) is 0. The van der Waals surface area contributed by atoms with Crippen LogP contribution < -0.4 is 0 Å². The van der Waals surface area contributed by atoms with E-state index in [0.717, 1.165) is 45.6 Å². The number of rotatable bonds is 3. The first-order valence-corrected chi connectivity index (χ1v) is 6.34. The average Bonchev–Trinajstić information content (AvgIpc) is 3.01. The summed E-state index contributed by atoms with van der Waals surface area (Å²) in [5, 5.41) is 8.90. The lowest BCUT2D eigenvalue weighted by Crippen LogP contribution is -2.36. The molecule has 2 aliphatic rings. The number of carbonyl (C=O) groups excluding carboxylic acids is 1. The predicted octanol–water partition coefficient (Wildman–Crippen LogP) is 0.169. The van der Waals surface area contributed by atoms with Gasteiger partial charge in [-0.2, -0.15) is 0 Å². The second kappa shape index (κ2) is 5.15. The van der Waals surface area contributed by atoms with Gasteiger partial charge in [-0.1, -0.05) is 6.92 Å². The van der Waals surface area contributed by atoms with Gasteiger partial charge in [-0.3, -0.25) is 9.69 Å². The Labute approximate surface area is 97.2 Å². The van der Waals surface area contributed by atoms with E-state index in [9.17, 15) is 4.79 Å². The van der Waals surface area contributed by atoms with Gasteiger partial charge in [0.2, 0.25) is 5.91 Å². The van der Waals surface area contributed by atoms with Gasteiger partial charge in [-0.05, 0) is 25.3 Å². The van der Waals surface area contributed by atoms with Crippen molar-refractivity contribution in [1.82, 2.24) is 9.80 Å². The van der Waals surface area contributed by atoms with Crippen molar-refractivity contribution in [2.75, 3.05) is 39.3 Å². The van der Waals surface area contributed by atoms with Crippen LogP contribution in [0.4, 0.5) is 0 Å². The van der Waals surface area contributed by atoms with Crippen LogP contribution in [-0.4, -0.2) is 60.1 Å². The Morgan fingerprint density at radius 3 is 2.69 bits per heavy atom. The van der Waals surface area contributed by atoms with Crippen molar-refractivity contribution in [1.29, 1.82) is 0 Å². The summed E-state index contributed by atoms with van der Waals surface area (Å²) in [5.41, 5.74) is 0. The molecule has 2 atom stereocenters. The lowest BCUT2D eigenvalue weighted by molar-refractivity contribution is -0.132. The van der Waals surface area contributed by atoms with E-state index < -0.39 is 0 Å². The van der Waals surface area contributed by atoms with Crippen LogP contribution in [0.3, 0.4) is 0 Å². The van der Waals surface area contributed by atoms with Gasteiger partial charge in [0.1, 0.15) is 0 Å². The zero-order valence-corrected chi connectivity index (χ0v) is 10.1. The molecule has 1 heterocycles. The summed E-state index contributed by atoms with van der Waals surface area (Å²) in [5.74, 6) is 1.27. The lowest BCUT2D eigenvalue weighted by atomic mass is 10.3. The van der Waals surface area contributed by atoms with Crippen LogP contribution in [0.15, 0.2) is 0 Å². The van der Waals surface area contributed by atoms with Gasteiger partial charge in [0.05, 0.1) is 6.61 Å². The third kappa shape index (κ3) is 2.74. The molecule has 1 saturated carbocycles. The molecule has 1 saturated heterocycles. The fraction of sp³-hybridized carbons (Fsp3) is 0.917. The van der Waals surface area contributed by atoms with E-state index in [-0.39, 0.29) is 6.61 Å². The molecular weight excluding hydrogens is 204 g/mol. The Morgan fingerprint density at radius 2 is 2.06 bits per heavy atom. The number of aliphatic hydroxyl groups excluding tert-OH is 1. The molecule has 2 unspecified atom stereocenters. The highest BCUT2D eigenvalue weighted by molar-refractivity contribution is 5.81. The van der Waals surface area contributed by atoms with Crippen molar-refractivity contribution in [3.8, 4) is 0 Å². The van der Waals surface area contributed by atoms with Gasteiger partial charge >= 0.3 is 0 Å². The average molecular weight is 226 g/mol. The molecule has 1 N–H and O–H groups in total. The summed E-state index contributed by atoms with van der Waals surface area (Å²) in [6.07, 6.45) is 2.11. The van der Waals surface area contributed by atoms with E-state index in [2.05, 4.69) is 11.8 Å². The molecule has 16 heavy (non-hydrogen) atoms. The molecule has 0 bridgehead atoms. The largest absolute Gasteiger partial charge is 0.395 e. The van der Waals surface area contributed by atoms with E-state index in [1.54, 1.807) is 0 Å². The summed E-state index contributed by atoms with van der Waals surface area (Å²) >= 11 is 0.